The summed E-state index contributed by atoms with van der Waals surface area (Å²) in [6, 6.07) is 11.8. The first kappa shape index (κ1) is 13.8. The SMILES string of the molecule is CN(Cc1ccsc1)C(=O)C(CN)c1ccccc1. The van der Waals surface area contributed by atoms with Crippen molar-refractivity contribution < 1.29 is 4.79 Å². The second kappa shape index (κ2) is 6.50. The number of nitrogens with zero attached hydrogens (tertiary/aromatic N) is 1. The van der Waals surface area contributed by atoms with E-state index in [-0.39, 0.29) is 11.8 Å². The van der Waals surface area contributed by atoms with Crippen molar-refractivity contribution in [3.8, 4) is 0 Å². The molecule has 2 N–H and O–H groups in total. The molecule has 1 aromatic heterocycles. The lowest BCUT2D eigenvalue weighted by atomic mass is 9.98. The molecule has 4 heteroatoms. The van der Waals surface area contributed by atoms with E-state index in [9.17, 15) is 4.79 Å². The predicted octanol–water partition coefficient (Wildman–Crippen LogP) is 2.45. The molecule has 2 rings (SSSR count). The van der Waals surface area contributed by atoms with Gasteiger partial charge in [-0.3, -0.25) is 4.79 Å². The Morgan fingerprint density at radius 3 is 2.63 bits per heavy atom. The monoisotopic (exact) mass is 274 g/mol. The maximum Gasteiger partial charge on any atom is 0.231 e. The Hall–Kier alpha value is -1.65. The van der Waals surface area contributed by atoms with Crippen molar-refractivity contribution >= 4 is 17.2 Å². The first-order valence-corrected chi connectivity index (χ1v) is 7.17. The second-order valence-electron chi connectivity index (χ2n) is 4.52. The Kier molecular flexibility index (Phi) is 4.71. The summed E-state index contributed by atoms with van der Waals surface area (Å²) < 4.78 is 0. The zero-order chi connectivity index (χ0) is 13.7. The minimum absolute atomic E-state index is 0.0694. The molecule has 100 valence electrons. The number of thiophene rings is 1. The van der Waals surface area contributed by atoms with Gasteiger partial charge in [-0.2, -0.15) is 11.3 Å². The van der Waals surface area contributed by atoms with Crippen LogP contribution in [-0.4, -0.2) is 24.4 Å². The fourth-order valence-electron chi connectivity index (χ4n) is 2.07. The van der Waals surface area contributed by atoms with Gasteiger partial charge in [0.05, 0.1) is 5.92 Å². The summed E-state index contributed by atoms with van der Waals surface area (Å²) >= 11 is 1.64. The van der Waals surface area contributed by atoms with Crippen LogP contribution in [0.4, 0.5) is 0 Å². The molecular weight excluding hydrogens is 256 g/mol. The Morgan fingerprint density at radius 1 is 1.32 bits per heavy atom. The Bertz CT molecular complexity index is 510. The summed E-state index contributed by atoms with van der Waals surface area (Å²) in [7, 11) is 1.82. The molecule has 0 saturated carbocycles. The Morgan fingerprint density at radius 2 is 2.05 bits per heavy atom. The van der Waals surface area contributed by atoms with Crippen LogP contribution in [-0.2, 0) is 11.3 Å². The first-order chi connectivity index (χ1) is 9.22. The molecule has 2 aromatic rings. The van der Waals surface area contributed by atoms with E-state index in [2.05, 4.69) is 5.38 Å². The topological polar surface area (TPSA) is 46.3 Å². The molecule has 0 aliphatic carbocycles. The lowest BCUT2D eigenvalue weighted by Gasteiger charge is -2.23. The molecule has 1 aromatic carbocycles. The van der Waals surface area contributed by atoms with Crippen LogP contribution in [0.1, 0.15) is 17.0 Å². The molecule has 1 atom stereocenters. The smallest absolute Gasteiger partial charge is 0.231 e. The summed E-state index contributed by atoms with van der Waals surface area (Å²) in [5.41, 5.74) is 7.91. The van der Waals surface area contributed by atoms with E-state index in [0.29, 0.717) is 13.1 Å². The zero-order valence-electron chi connectivity index (χ0n) is 11.0. The number of amides is 1. The van der Waals surface area contributed by atoms with Crippen LogP contribution in [0.5, 0.6) is 0 Å². The van der Waals surface area contributed by atoms with E-state index in [1.54, 1.807) is 16.2 Å². The number of rotatable bonds is 5. The third kappa shape index (κ3) is 3.43. The van der Waals surface area contributed by atoms with Crippen molar-refractivity contribution in [2.45, 2.75) is 12.5 Å². The van der Waals surface area contributed by atoms with Gasteiger partial charge in [0.15, 0.2) is 0 Å². The maximum absolute atomic E-state index is 12.5. The average Bonchev–Trinajstić information content (AvgIpc) is 2.93. The summed E-state index contributed by atoms with van der Waals surface area (Å²) in [5.74, 6) is -0.190. The number of hydrogen-bond donors (Lipinski definition) is 1. The number of carbonyl (C=O) groups excluding carboxylic acids is 1. The van der Waals surface area contributed by atoms with Crippen LogP contribution in [0.15, 0.2) is 47.2 Å². The fourth-order valence-corrected chi connectivity index (χ4v) is 2.73. The van der Waals surface area contributed by atoms with E-state index in [4.69, 9.17) is 5.73 Å². The number of likely N-dealkylation sites (N-methyl/N-ethyl adjacent to an activating group) is 1. The second-order valence-corrected chi connectivity index (χ2v) is 5.30. The standard InChI is InChI=1S/C15H18N2OS/c1-17(10-12-7-8-19-11-12)15(18)14(9-16)13-5-3-2-4-6-13/h2-8,11,14H,9-10,16H2,1H3. The van der Waals surface area contributed by atoms with Crippen molar-refractivity contribution in [1.29, 1.82) is 0 Å². The van der Waals surface area contributed by atoms with Gasteiger partial charge in [-0.1, -0.05) is 30.3 Å². The molecule has 0 saturated heterocycles. The number of carbonyl (C=O) groups is 1. The van der Waals surface area contributed by atoms with Gasteiger partial charge in [0.2, 0.25) is 5.91 Å². The average molecular weight is 274 g/mol. The molecule has 1 heterocycles. The molecule has 0 fully saturated rings. The van der Waals surface area contributed by atoms with Crippen LogP contribution in [0.25, 0.3) is 0 Å². The van der Waals surface area contributed by atoms with Gasteiger partial charge in [-0.15, -0.1) is 0 Å². The molecule has 0 aliphatic rings. The van der Waals surface area contributed by atoms with Crippen LogP contribution >= 0.6 is 11.3 Å². The molecular formula is C15H18N2OS. The number of hydrogen-bond acceptors (Lipinski definition) is 3. The van der Waals surface area contributed by atoms with Gasteiger partial charge in [0, 0.05) is 20.1 Å². The molecule has 1 unspecified atom stereocenters. The van der Waals surface area contributed by atoms with Gasteiger partial charge < -0.3 is 10.6 Å². The number of benzene rings is 1. The highest BCUT2D eigenvalue weighted by atomic mass is 32.1. The molecule has 0 aliphatic heterocycles. The Balaban J connectivity index is 2.08. The maximum atomic E-state index is 12.5. The quantitative estimate of drug-likeness (QED) is 0.910. The number of nitrogens with two attached hydrogens (primary N) is 1. The van der Waals surface area contributed by atoms with Crippen LogP contribution < -0.4 is 5.73 Å². The van der Waals surface area contributed by atoms with Crippen LogP contribution in [0.3, 0.4) is 0 Å². The van der Waals surface area contributed by atoms with E-state index >= 15 is 0 Å². The predicted molar refractivity (Wildman–Crippen MR) is 79.0 cm³/mol. The normalized spacial score (nSPS) is 12.1. The van der Waals surface area contributed by atoms with E-state index in [1.807, 2.05) is 48.8 Å². The third-order valence-electron chi connectivity index (χ3n) is 3.11. The van der Waals surface area contributed by atoms with E-state index < -0.39 is 0 Å². The largest absolute Gasteiger partial charge is 0.341 e. The molecule has 3 nitrogen and oxygen atoms in total. The van der Waals surface area contributed by atoms with Crippen molar-refractivity contribution in [2.24, 2.45) is 5.73 Å². The summed E-state index contributed by atoms with van der Waals surface area (Å²) in [5, 5.41) is 4.08. The van der Waals surface area contributed by atoms with Gasteiger partial charge in [-0.25, -0.2) is 0 Å². The van der Waals surface area contributed by atoms with E-state index in [1.165, 1.54) is 0 Å². The molecule has 0 radical (unpaired) electrons. The minimum atomic E-state index is -0.259. The third-order valence-corrected chi connectivity index (χ3v) is 3.84. The summed E-state index contributed by atoms with van der Waals surface area (Å²) in [4.78, 5) is 14.2. The van der Waals surface area contributed by atoms with Gasteiger partial charge in [0.25, 0.3) is 0 Å². The van der Waals surface area contributed by atoms with Gasteiger partial charge in [0.1, 0.15) is 0 Å². The summed E-state index contributed by atoms with van der Waals surface area (Å²) in [6.07, 6.45) is 0. The minimum Gasteiger partial charge on any atom is -0.341 e. The zero-order valence-corrected chi connectivity index (χ0v) is 11.8. The van der Waals surface area contributed by atoms with Gasteiger partial charge in [-0.05, 0) is 28.0 Å². The highest BCUT2D eigenvalue weighted by Crippen LogP contribution is 2.18. The lowest BCUT2D eigenvalue weighted by molar-refractivity contribution is -0.131. The van der Waals surface area contributed by atoms with Crippen LogP contribution in [0, 0.1) is 0 Å². The highest BCUT2D eigenvalue weighted by Gasteiger charge is 2.22. The molecule has 0 spiro atoms. The first-order valence-electron chi connectivity index (χ1n) is 6.23. The Labute approximate surface area is 117 Å². The van der Waals surface area contributed by atoms with Crippen molar-refractivity contribution in [3.63, 3.8) is 0 Å². The molecule has 19 heavy (non-hydrogen) atoms. The van der Waals surface area contributed by atoms with Gasteiger partial charge >= 0.3 is 0 Å². The van der Waals surface area contributed by atoms with E-state index in [0.717, 1.165) is 11.1 Å². The van der Waals surface area contributed by atoms with Crippen LogP contribution in [0.2, 0.25) is 0 Å². The molecule has 1 amide bonds. The van der Waals surface area contributed by atoms with Crippen molar-refractivity contribution in [2.75, 3.05) is 13.6 Å². The highest BCUT2D eigenvalue weighted by molar-refractivity contribution is 7.07. The summed E-state index contributed by atoms with van der Waals surface area (Å²) in [6.45, 7) is 0.961. The van der Waals surface area contributed by atoms with Crippen molar-refractivity contribution in [3.05, 3.63) is 58.3 Å². The van der Waals surface area contributed by atoms with Crippen molar-refractivity contribution in [1.82, 2.24) is 4.90 Å². The fraction of sp³-hybridized carbons (Fsp3) is 0.267. The molecule has 0 bridgehead atoms. The lowest BCUT2D eigenvalue weighted by Crippen LogP contribution is -2.34.